The molecule has 1 heterocycles. The highest BCUT2D eigenvalue weighted by Crippen LogP contribution is 2.10. The van der Waals surface area contributed by atoms with E-state index in [4.69, 9.17) is 0 Å². The van der Waals surface area contributed by atoms with Gasteiger partial charge in [-0.1, -0.05) is 36.4 Å². The van der Waals surface area contributed by atoms with Gasteiger partial charge in [0.15, 0.2) is 0 Å². The Morgan fingerprint density at radius 3 is 2.36 bits per heavy atom. The van der Waals surface area contributed by atoms with E-state index in [1.54, 1.807) is 6.07 Å². The first kappa shape index (κ1) is 16.2. The van der Waals surface area contributed by atoms with Gasteiger partial charge in [0.25, 0.3) is 5.91 Å². The summed E-state index contributed by atoms with van der Waals surface area (Å²) in [4.78, 5) is 25.2. The quantitative estimate of drug-likeness (QED) is 0.860. The smallest absolute Gasteiger partial charge is 0.262 e. The Kier molecular flexibility index (Phi) is 5.72. The van der Waals surface area contributed by atoms with E-state index < -0.39 is 6.04 Å². The molecule has 5 heteroatoms. The molecule has 0 aliphatic heterocycles. The molecule has 1 aromatic carbocycles. The van der Waals surface area contributed by atoms with Gasteiger partial charge in [-0.2, -0.15) is 0 Å². The lowest BCUT2D eigenvalue weighted by Gasteiger charge is -2.19. The van der Waals surface area contributed by atoms with Crippen LogP contribution in [0.15, 0.2) is 47.8 Å². The summed E-state index contributed by atoms with van der Waals surface area (Å²) >= 11 is 1.36. The van der Waals surface area contributed by atoms with Crippen LogP contribution in [-0.4, -0.2) is 23.9 Å². The number of hydrogen-bond donors (Lipinski definition) is 2. The summed E-state index contributed by atoms with van der Waals surface area (Å²) in [6, 6.07) is 12.7. The van der Waals surface area contributed by atoms with E-state index in [2.05, 4.69) is 10.6 Å². The van der Waals surface area contributed by atoms with Crippen LogP contribution in [0.25, 0.3) is 0 Å². The van der Waals surface area contributed by atoms with Gasteiger partial charge in [0, 0.05) is 12.5 Å². The third-order valence-electron chi connectivity index (χ3n) is 3.08. The van der Waals surface area contributed by atoms with Gasteiger partial charge in [0.1, 0.15) is 6.04 Å². The zero-order valence-corrected chi connectivity index (χ0v) is 13.5. The summed E-state index contributed by atoms with van der Waals surface area (Å²) in [5, 5.41) is 7.54. The van der Waals surface area contributed by atoms with Crippen molar-refractivity contribution in [3.8, 4) is 0 Å². The van der Waals surface area contributed by atoms with Crippen LogP contribution in [0.5, 0.6) is 0 Å². The molecule has 4 nitrogen and oxygen atoms in total. The van der Waals surface area contributed by atoms with E-state index in [0.29, 0.717) is 11.3 Å². The van der Waals surface area contributed by atoms with Crippen molar-refractivity contribution in [1.29, 1.82) is 0 Å². The fourth-order valence-electron chi connectivity index (χ4n) is 2.08. The summed E-state index contributed by atoms with van der Waals surface area (Å²) in [6.45, 7) is 3.80. The Balaban J connectivity index is 2.10. The van der Waals surface area contributed by atoms with Gasteiger partial charge in [0.05, 0.1) is 4.88 Å². The molecule has 22 heavy (non-hydrogen) atoms. The van der Waals surface area contributed by atoms with Crippen molar-refractivity contribution in [2.45, 2.75) is 32.4 Å². The molecule has 1 atom stereocenters. The normalized spacial score (nSPS) is 12.0. The molecule has 0 aliphatic rings. The summed E-state index contributed by atoms with van der Waals surface area (Å²) in [5.74, 6) is -0.376. The predicted octanol–water partition coefficient (Wildman–Crippen LogP) is 2.61. The van der Waals surface area contributed by atoms with Crippen LogP contribution >= 0.6 is 11.3 Å². The fraction of sp³-hybridized carbons (Fsp3) is 0.294. The van der Waals surface area contributed by atoms with Crippen LogP contribution < -0.4 is 10.6 Å². The highest BCUT2D eigenvalue weighted by molar-refractivity contribution is 7.12. The van der Waals surface area contributed by atoms with Gasteiger partial charge in [0.2, 0.25) is 5.91 Å². The molecule has 0 unspecified atom stereocenters. The van der Waals surface area contributed by atoms with Crippen LogP contribution in [0.3, 0.4) is 0 Å². The Labute approximate surface area is 134 Å². The van der Waals surface area contributed by atoms with Gasteiger partial charge in [-0.15, -0.1) is 11.3 Å². The third kappa shape index (κ3) is 4.70. The second-order valence-corrected chi connectivity index (χ2v) is 6.30. The molecule has 0 fully saturated rings. The van der Waals surface area contributed by atoms with E-state index in [0.717, 1.165) is 5.56 Å². The van der Waals surface area contributed by atoms with Gasteiger partial charge in [-0.3, -0.25) is 9.59 Å². The molecule has 2 rings (SSSR count). The van der Waals surface area contributed by atoms with Crippen molar-refractivity contribution in [3.05, 3.63) is 58.3 Å². The summed E-state index contributed by atoms with van der Waals surface area (Å²) < 4.78 is 0. The minimum atomic E-state index is -0.584. The summed E-state index contributed by atoms with van der Waals surface area (Å²) in [5.41, 5.74) is 1.01. The minimum absolute atomic E-state index is 0.0319. The maximum Gasteiger partial charge on any atom is 0.262 e. The van der Waals surface area contributed by atoms with Gasteiger partial charge in [-0.05, 0) is 30.9 Å². The Morgan fingerprint density at radius 1 is 1.05 bits per heavy atom. The highest BCUT2D eigenvalue weighted by atomic mass is 32.1. The minimum Gasteiger partial charge on any atom is -0.352 e. The lowest BCUT2D eigenvalue weighted by atomic mass is 10.0. The average molecular weight is 316 g/mol. The molecule has 0 radical (unpaired) electrons. The maximum absolute atomic E-state index is 12.3. The van der Waals surface area contributed by atoms with Crippen LogP contribution in [0, 0.1) is 0 Å². The lowest BCUT2D eigenvalue weighted by Crippen LogP contribution is -2.49. The van der Waals surface area contributed by atoms with Gasteiger partial charge in [-0.25, -0.2) is 0 Å². The first-order valence-electron chi connectivity index (χ1n) is 7.25. The first-order chi connectivity index (χ1) is 10.6. The number of hydrogen-bond acceptors (Lipinski definition) is 3. The first-order valence-corrected chi connectivity index (χ1v) is 8.13. The molecule has 2 amide bonds. The standard InChI is InChI=1S/C17H20N2O2S/c1-12(2)18-16(20)14(11-13-7-4-3-5-8-13)19-17(21)15-9-6-10-22-15/h3-10,12,14H,11H2,1-2H3,(H,18,20)(H,19,21)/t14-/m1/s1. The average Bonchev–Trinajstić information content (AvgIpc) is 3.01. The molecule has 1 aromatic heterocycles. The maximum atomic E-state index is 12.3. The number of amides is 2. The Bertz CT molecular complexity index is 609. The van der Waals surface area contributed by atoms with Gasteiger partial charge >= 0.3 is 0 Å². The molecule has 0 bridgehead atoms. The number of carbonyl (C=O) groups is 2. The SMILES string of the molecule is CC(C)NC(=O)[C@@H](Cc1ccccc1)NC(=O)c1cccs1. The molecule has 0 saturated heterocycles. The molecular formula is C17H20N2O2S. The molecule has 0 spiro atoms. The van der Waals surface area contributed by atoms with Crippen LogP contribution in [0.2, 0.25) is 0 Å². The molecule has 116 valence electrons. The monoisotopic (exact) mass is 316 g/mol. The third-order valence-corrected chi connectivity index (χ3v) is 3.95. The van der Waals surface area contributed by atoms with Crippen LogP contribution in [0.4, 0.5) is 0 Å². The number of nitrogens with one attached hydrogen (secondary N) is 2. The van der Waals surface area contributed by atoms with Crippen molar-refractivity contribution in [2.24, 2.45) is 0 Å². The topological polar surface area (TPSA) is 58.2 Å². The summed E-state index contributed by atoms with van der Waals surface area (Å²) in [7, 11) is 0. The second kappa shape index (κ2) is 7.75. The highest BCUT2D eigenvalue weighted by Gasteiger charge is 2.22. The fourth-order valence-corrected chi connectivity index (χ4v) is 2.71. The van der Waals surface area contributed by atoms with Gasteiger partial charge < -0.3 is 10.6 Å². The zero-order valence-electron chi connectivity index (χ0n) is 12.7. The van der Waals surface area contributed by atoms with Crippen LogP contribution in [-0.2, 0) is 11.2 Å². The Morgan fingerprint density at radius 2 is 1.77 bits per heavy atom. The second-order valence-electron chi connectivity index (χ2n) is 5.36. The predicted molar refractivity (Wildman–Crippen MR) is 89.0 cm³/mol. The lowest BCUT2D eigenvalue weighted by molar-refractivity contribution is -0.123. The van der Waals surface area contributed by atoms with Crippen molar-refractivity contribution < 1.29 is 9.59 Å². The molecule has 0 aliphatic carbocycles. The number of rotatable bonds is 6. The number of benzene rings is 1. The Hall–Kier alpha value is -2.14. The van der Waals surface area contributed by atoms with Crippen molar-refractivity contribution >= 4 is 23.2 Å². The van der Waals surface area contributed by atoms with Crippen LogP contribution in [0.1, 0.15) is 29.1 Å². The summed E-state index contributed by atoms with van der Waals surface area (Å²) in [6.07, 6.45) is 0.469. The molecule has 0 saturated carbocycles. The largest absolute Gasteiger partial charge is 0.352 e. The van der Waals surface area contributed by atoms with E-state index in [9.17, 15) is 9.59 Å². The molecule has 2 aromatic rings. The van der Waals surface area contributed by atoms with E-state index in [1.165, 1.54) is 11.3 Å². The van der Waals surface area contributed by atoms with E-state index in [-0.39, 0.29) is 17.9 Å². The van der Waals surface area contributed by atoms with E-state index in [1.807, 2.05) is 55.6 Å². The van der Waals surface area contributed by atoms with Crippen molar-refractivity contribution in [3.63, 3.8) is 0 Å². The molecule has 2 N–H and O–H groups in total. The number of thiophene rings is 1. The zero-order chi connectivity index (χ0) is 15.9. The van der Waals surface area contributed by atoms with Crippen molar-refractivity contribution in [2.75, 3.05) is 0 Å². The van der Waals surface area contributed by atoms with E-state index >= 15 is 0 Å². The van der Waals surface area contributed by atoms with Crippen molar-refractivity contribution in [1.82, 2.24) is 10.6 Å². The number of carbonyl (C=O) groups excluding carboxylic acids is 2. The molecular weight excluding hydrogens is 296 g/mol.